The van der Waals surface area contributed by atoms with Crippen molar-refractivity contribution in [2.75, 3.05) is 27.3 Å². The minimum Gasteiger partial charge on any atom is -0.496 e. The van der Waals surface area contributed by atoms with E-state index in [4.69, 9.17) is 18.9 Å². The van der Waals surface area contributed by atoms with Crippen LogP contribution in [0.25, 0.3) is 21.5 Å². The van der Waals surface area contributed by atoms with Gasteiger partial charge < -0.3 is 24.3 Å². The zero-order valence-corrected chi connectivity index (χ0v) is 25.9. The smallest absolute Gasteiger partial charge is 0.126 e. The quantitative estimate of drug-likeness (QED) is 0.153. The third kappa shape index (κ3) is 7.34. The van der Waals surface area contributed by atoms with Crippen molar-refractivity contribution in [2.24, 2.45) is 0 Å². The molecule has 4 aromatic carbocycles. The van der Waals surface area contributed by atoms with E-state index in [1.165, 1.54) is 58.4 Å². The van der Waals surface area contributed by atoms with Gasteiger partial charge in [-0.1, -0.05) is 60.7 Å². The minimum absolute atomic E-state index is 0.366. The molecule has 6 rings (SSSR count). The highest BCUT2D eigenvalue weighted by molar-refractivity contribution is 5.91. The summed E-state index contributed by atoms with van der Waals surface area (Å²) in [4.78, 5) is 0. The number of fused-ring (bicyclic) bond motifs is 2. The molecule has 4 unspecified atom stereocenters. The van der Waals surface area contributed by atoms with Gasteiger partial charge in [0.25, 0.3) is 0 Å². The minimum atomic E-state index is 0.366. The van der Waals surface area contributed by atoms with Crippen LogP contribution in [0.4, 0.5) is 0 Å². The van der Waals surface area contributed by atoms with Crippen LogP contribution in [0, 0.1) is 0 Å². The summed E-state index contributed by atoms with van der Waals surface area (Å²) in [6.45, 7) is 2.03. The zero-order valence-electron chi connectivity index (χ0n) is 25.9. The molecule has 2 aliphatic heterocycles. The van der Waals surface area contributed by atoms with Crippen molar-refractivity contribution in [2.45, 2.75) is 88.6 Å². The zero-order chi connectivity index (χ0) is 29.4. The maximum absolute atomic E-state index is 6.44. The van der Waals surface area contributed by atoms with Crippen LogP contribution in [0.1, 0.15) is 62.5 Å². The molecule has 0 aliphatic carbocycles. The van der Waals surface area contributed by atoms with Gasteiger partial charge in [-0.25, -0.2) is 0 Å². The summed E-state index contributed by atoms with van der Waals surface area (Å²) in [6, 6.07) is 25.7. The van der Waals surface area contributed by atoms with Gasteiger partial charge in [0.1, 0.15) is 11.5 Å². The van der Waals surface area contributed by atoms with Crippen LogP contribution < -0.4 is 14.8 Å². The molecule has 5 heteroatoms. The van der Waals surface area contributed by atoms with Crippen LogP contribution in [0.2, 0.25) is 0 Å². The number of rotatable bonds is 14. The fourth-order valence-corrected chi connectivity index (χ4v) is 7.15. The van der Waals surface area contributed by atoms with Crippen LogP contribution in [0.3, 0.4) is 0 Å². The van der Waals surface area contributed by atoms with Gasteiger partial charge in [0.15, 0.2) is 0 Å². The molecule has 2 aliphatic rings. The number of hydrogen-bond acceptors (Lipinski definition) is 5. The van der Waals surface area contributed by atoms with Gasteiger partial charge in [-0.05, 0) is 111 Å². The average Bonchev–Trinajstić information content (AvgIpc) is 3.71. The second-order valence-electron chi connectivity index (χ2n) is 12.3. The van der Waals surface area contributed by atoms with Crippen LogP contribution in [-0.2, 0) is 22.3 Å². The van der Waals surface area contributed by atoms with Crippen molar-refractivity contribution in [3.05, 3.63) is 83.9 Å². The fraction of sp³-hybridized carbons (Fsp3) is 0.474. The van der Waals surface area contributed by atoms with E-state index < -0.39 is 0 Å². The van der Waals surface area contributed by atoms with E-state index in [9.17, 15) is 0 Å². The molecule has 5 nitrogen and oxygen atoms in total. The summed E-state index contributed by atoms with van der Waals surface area (Å²) in [5.41, 5.74) is 2.77. The normalized spacial score (nSPS) is 22.0. The highest BCUT2D eigenvalue weighted by atomic mass is 16.5. The molecule has 1 N–H and O–H groups in total. The standard InChI is InChI=1S/C38H47NO4/c1-40-37-21-13-27(33-7-3-5-9-35(33)37)11-15-29-17-19-31(42-29)23-25-39-26-24-32-20-18-30(43-32)16-12-28-14-22-38(41-2)36-10-6-4-8-34(28)36/h3-10,13-14,21-22,29-32,39H,11-12,15-20,23-26H2,1-2H3. The van der Waals surface area contributed by atoms with Gasteiger partial charge in [0.05, 0.1) is 38.6 Å². The summed E-state index contributed by atoms with van der Waals surface area (Å²) < 4.78 is 24.0. The van der Waals surface area contributed by atoms with E-state index in [2.05, 4.69) is 78.1 Å². The Morgan fingerprint density at radius 1 is 0.535 bits per heavy atom. The highest BCUT2D eigenvalue weighted by Gasteiger charge is 2.26. The second-order valence-corrected chi connectivity index (χ2v) is 12.3. The first-order chi connectivity index (χ1) is 21.2. The van der Waals surface area contributed by atoms with Gasteiger partial charge in [-0.2, -0.15) is 0 Å². The van der Waals surface area contributed by atoms with Gasteiger partial charge in [-0.3, -0.25) is 0 Å². The monoisotopic (exact) mass is 581 g/mol. The molecule has 2 heterocycles. The Morgan fingerprint density at radius 2 is 0.930 bits per heavy atom. The van der Waals surface area contributed by atoms with Crippen LogP contribution in [-0.4, -0.2) is 51.7 Å². The van der Waals surface area contributed by atoms with Crippen molar-refractivity contribution in [1.82, 2.24) is 5.32 Å². The summed E-state index contributed by atoms with van der Waals surface area (Å²) in [7, 11) is 3.49. The molecule has 0 aromatic heterocycles. The van der Waals surface area contributed by atoms with E-state index in [1.807, 2.05) is 0 Å². The Balaban J connectivity index is 0.861. The number of nitrogens with one attached hydrogen (secondary N) is 1. The lowest BCUT2D eigenvalue weighted by molar-refractivity contribution is 0.0332. The Morgan fingerprint density at radius 3 is 1.35 bits per heavy atom. The Bertz CT molecular complexity index is 1370. The van der Waals surface area contributed by atoms with Gasteiger partial charge in [-0.15, -0.1) is 0 Å². The van der Waals surface area contributed by atoms with Gasteiger partial charge in [0, 0.05) is 10.8 Å². The molecule has 4 aromatic rings. The number of aryl methyl sites for hydroxylation is 2. The molecular formula is C38H47NO4. The van der Waals surface area contributed by atoms with E-state index in [0.717, 1.165) is 63.1 Å². The summed E-state index contributed by atoms with van der Waals surface area (Å²) >= 11 is 0. The first-order valence-electron chi connectivity index (χ1n) is 16.3. The number of benzene rings is 4. The highest BCUT2D eigenvalue weighted by Crippen LogP contribution is 2.33. The summed E-state index contributed by atoms with van der Waals surface area (Å²) in [5, 5.41) is 8.64. The molecular weight excluding hydrogens is 534 g/mol. The van der Waals surface area contributed by atoms with E-state index in [0.29, 0.717) is 24.4 Å². The van der Waals surface area contributed by atoms with Crippen molar-refractivity contribution in [3.8, 4) is 11.5 Å². The Kier molecular flexibility index (Phi) is 10.1. The third-order valence-electron chi connectivity index (χ3n) is 9.54. The van der Waals surface area contributed by atoms with Crippen LogP contribution in [0.15, 0.2) is 72.8 Å². The molecule has 0 bridgehead atoms. The Labute approximate surface area is 256 Å². The van der Waals surface area contributed by atoms with Gasteiger partial charge >= 0.3 is 0 Å². The third-order valence-corrected chi connectivity index (χ3v) is 9.54. The van der Waals surface area contributed by atoms with E-state index >= 15 is 0 Å². The predicted molar refractivity (Wildman–Crippen MR) is 176 cm³/mol. The molecule has 0 saturated carbocycles. The fourth-order valence-electron chi connectivity index (χ4n) is 7.15. The van der Waals surface area contributed by atoms with E-state index in [-0.39, 0.29) is 0 Å². The first kappa shape index (κ1) is 29.9. The van der Waals surface area contributed by atoms with Crippen molar-refractivity contribution in [1.29, 1.82) is 0 Å². The molecule has 0 radical (unpaired) electrons. The predicted octanol–water partition coefficient (Wildman–Crippen LogP) is 8.04. The molecule has 0 amide bonds. The van der Waals surface area contributed by atoms with E-state index in [1.54, 1.807) is 14.2 Å². The topological polar surface area (TPSA) is 49.0 Å². The Hall–Kier alpha value is -3.12. The van der Waals surface area contributed by atoms with Crippen molar-refractivity contribution < 1.29 is 18.9 Å². The van der Waals surface area contributed by atoms with Crippen LogP contribution in [0.5, 0.6) is 11.5 Å². The summed E-state index contributed by atoms with van der Waals surface area (Å²) in [6.07, 6.45) is 12.6. The average molecular weight is 582 g/mol. The molecule has 4 atom stereocenters. The summed E-state index contributed by atoms with van der Waals surface area (Å²) in [5.74, 6) is 1.89. The number of methoxy groups -OCH3 is 2. The number of ether oxygens (including phenoxy) is 4. The first-order valence-corrected chi connectivity index (χ1v) is 16.3. The maximum Gasteiger partial charge on any atom is 0.126 e. The molecule has 228 valence electrons. The second kappa shape index (κ2) is 14.6. The lowest BCUT2D eigenvalue weighted by Gasteiger charge is -2.17. The maximum atomic E-state index is 6.44. The van der Waals surface area contributed by atoms with Gasteiger partial charge in [0.2, 0.25) is 0 Å². The molecule has 2 fully saturated rings. The van der Waals surface area contributed by atoms with Crippen molar-refractivity contribution >= 4 is 21.5 Å². The largest absolute Gasteiger partial charge is 0.496 e. The lowest BCUT2D eigenvalue weighted by atomic mass is 9.98. The molecule has 43 heavy (non-hydrogen) atoms. The SMILES string of the molecule is COc1ccc(CCC2CCC(CCNCCC3CCC(CCc4ccc(OC)c5ccccc45)O3)O2)c2ccccc12. The lowest BCUT2D eigenvalue weighted by Crippen LogP contribution is -2.25. The van der Waals surface area contributed by atoms with Crippen molar-refractivity contribution in [3.63, 3.8) is 0 Å². The molecule has 2 saturated heterocycles. The number of hydrogen-bond donors (Lipinski definition) is 1. The molecule has 0 spiro atoms. The van der Waals surface area contributed by atoms with Crippen LogP contribution >= 0.6 is 0 Å².